The van der Waals surface area contributed by atoms with E-state index in [0.717, 1.165) is 49.4 Å². The van der Waals surface area contributed by atoms with Crippen molar-refractivity contribution in [1.29, 1.82) is 0 Å². The Bertz CT molecular complexity index is 761. The number of nitrogens with zero attached hydrogens (tertiary/aromatic N) is 3. The molecule has 5 nitrogen and oxygen atoms in total. The Hall–Kier alpha value is -2.63. The molecule has 6 heteroatoms. The van der Waals surface area contributed by atoms with Gasteiger partial charge in [-0.2, -0.15) is 0 Å². The lowest BCUT2D eigenvalue weighted by Crippen LogP contribution is -2.32. The summed E-state index contributed by atoms with van der Waals surface area (Å²) >= 11 is 0. The number of hydrogen-bond donors (Lipinski definition) is 1. The van der Waals surface area contributed by atoms with E-state index in [2.05, 4.69) is 16.4 Å². The van der Waals surface area contributed by atoms with E-state index in [1.807, 2.05) is 36.2 Å². The second-order valence-electron chi connectivity index (χ2n) is 7.58. The van der Waals surface area contributed by atoms with Gasteiger partial charge in [0, 0.05) is 39.6 Å². The van der Waals surface area contributed by atoms with E-state index < -0.39 is 0 Å². The van der Waals surface area contributed by atoms with Gasteiger partial charge in [0.05, 0.1) is 11.9 Å². The summed E-state index contributed by atoms with van der Waals surface area (Å²) in [6, 6.07) is 10.8. The van der Waals surface area contributed by atoms with Crippen LogP contribution in [0.3, 0.4) is 0 Å². The molecule has 1 amide bonds. The van der Waals surface area contributed by atoms with Gasteiger partial charge in [-0.15, -0.1) is 0 Å². The molecular weight excluding hydrogens is 355 g/mol. The van der Waals surface area contributed by atoms with Crippen LogP contribution in [0.25, 0.3) is 0 Å². The third-order valence-corrected chi connectivity index (χ3v) is 5.20. The van der Waals surface area contributed by atoms with Crippen LogP contribution in [0.15, 0.2) is 42.6 Å². The Balaban J connectivity index is 1.47. The molecule has 1 aliphatic heterocycles. The van der Waals surface area contributed by atoms with Crippen LogP contribution in [-0.4, -0.2) is 49.0 Å². The topological polar surface area (TPSA) is 48.5 Å². The van der Waals surface area contributed by atoms with Gasteiger partial charge >= 0.3 is 0 Å². The monoisotopic (exact) mass is 384 g/mol. The number of carbonyl (C=O) groups is 1. The molecule has 150 valence electrons. The number of nitrogens with one attached hydrogen (secondary N) is 1. The molecule has 0 spiro atoms. The van der Waals surface area contributed by atoms with Gasteiger partial charge < -0.3 is 15.1 Å². The van der Waals surface area contributed by atoms with Crippen LogP contribution in [-0.2, 0) is 11.2 Å². The highest BCUT2D eigenvalue weighted by Gasteiger charge is 2.20. The maximum absolute atomic E-state index is 13.0. The van der Waals surface area contributed by atoms with E-state index in [4.69, 9.17) is 0 Å². The average molecular weight is 384 g/mol. The molecular formula is C22H29FN4O. The van der Waals surface area contributed by atoms with Crippen LogP contribution in [0.4, 0.5) is 15.9 Å². The molecule has 1 unspecified atom stereocenters. The highest BCUT2D eigenvalue weighted by molar-refractivity contribution is 5.76. The maximum Gasteiger partial charge on any atom is 0.222 e. The van der Waals surface area contributed by atoms with Crippen molar-refractivity contribution >= 4 is 17.4 Å². The minimum absolute atomic E-state index is 0.182. The maximum atomic E-state index is 13.0. The van der Waals surface area contributed by atoms with E-state index in [1.54, 1.807) is 12.1 Å². The Morgan fingerprint density at radius 1 is 1.18 bits per heavy atom. The largest absolute Gasteiger partial charge is 0.381 e. The lowest BCUT2D eigenvalue weighted by Gasteiger charge is -2.21. The van der Waals surface area contributed by atoms with Crippen LogP contribution in [0.5, 0.6) is 0 Å². The molecule has 0 saturated carbocycles. The second kappa shape index (κ2) is 9.53. The van der Waals surface area contributed by atoms with Gasteiger partial charge in [0.2, 0.25) is 5.91 Å². The zero-order valence-corrected chi connectivity index (χ0v) is 16.7. The Morgan fingerprint density at radius 2 is 1.96 bits per heavy atom. The fourth-order valence-electron chi connectivity index (χ4n) is 3.52. The summed E-state index contributed by atoms with van der Waals surface area (Å²) in [5, 5.41) is 3.56. The highest BCUT2D eigenvalue weighted by atomic mass is 19.1. The molecule has 1 fully saturated rings. The van der Waals surface area contributed by atoms with Crippen molar-refractivity contribution in [2.75, 3.05) is 37.4 Å². The van der Waals surface area contributed by atoms with Crippen LogP contribution >= 0.6 is 0 Å². The summed E-state index contributed by atoms with van der Waals surface area (Å²) in [4.78, 5) is 21.0. The number of aromatic nitrogens is 1. The molecule has 0 bridgehead atoms. The van der Waals surface area contributed by atoms with Gasteiger partial charge in [0.1, 0.15) is 11.6 Å². The molecule has 1 aliphatic rings. The van der Waals surface area contributed by atoms with Gasteiger partial charge in [-0.05, 0) is 55.5 Å². The van der Waals surface area contributed by atoms with Crippen molar-refractivity contribution in [2.45, 2.75) is 38.1 Å². The first kappa shape index (κ1) is 20.1. The second-order valence-corrected chi connectivity index (χ2v) is 7.58. The number of amides is 1. The SMILES string of the molecule is CN(C)c1ccc(NC2CCCN(C(=O)CCc3ccc(F)cc3)CC2)cn1. The quantitative estimate of drug-likeness (QED) is 0.825. The van der Waals surface area contributed by atoms with E-state index in [-0.39, 0.29) is 11.7 Å². The van der Waals surface area contributed by atoms with Crippen molar-refractivity contribution in [3.63, 3.8) is 0 Å². The molecule has 0 aliphatic carbocycles. The average Bonchev–Trinajstić information content (AvgIpc) is 2.93. The summed E-state index contributed by atoms with van der Waals surface area (Å²) in [5.74, 6) is 0.874. The standard InChI is InChI=1S/C22H29FN4O/c1-26(2)21-11-10-20(16-24-21)25-19-4-3-14-27(15-13-19)22(28)12-7-17-5-8-18(23)9-6-17/h5-6,8-11,16,19,25H,3-4,7,12-15H2,1-2H3. The van der Waals surface area contributed by atoms with E-state index in [0.29, 0.717) is 18.9 Å². The summed E-state index contributed by atoms with van der Waals surface area (Å²) in [7, 11) is 3.95. The van der Waals surface area contributed by atoms with Crippen molar-refractivity contribution in [1.82, 2.24) is 9.88 Å². The molecule has 2 heterocycles. The van der Waals surface area contributed by atoms with Crippen LogP contribution in [0.1, 0.15) is 31.2 Å². The number of aryl methyl sites for hydroxylation is 1. The lowest BCUT2D eigenvalue weighted by atomic mass is 10.1. The molecule has 1 saturated heterocycles. The molecule has 3 rings (SSSR count). The van der Waals surface area contributed by atoms with E-state index >= 15 is 0 Å². The van der Waals surface area contributed by atoms with E-state index in [1.165, 1.54) is 12.1 Å². The van der Waals surface area contributed by atoms with Crippen LogP contribution in [0.2, 0.25) is 0 Å². The van der Waals surface area contributed by atoms with Crippen molar-refractivity contribution in [3.8, 4) is 0 Å². The fourth-order valence-corrected chi connectivity index (χ4v) is 3.52. The summed E-state index contributed by atoms with van der Waals surface area (Å²) < 4.78 is 13.0. The van der Waals surface area contributed by atoms with Gasteiger partial charge in [-0.25, -0.2) is 9.37 Å². The van der Waals surface area contributed by atoms with E-state index in [9.17, 15) is 9.18 Å². The zero-order chi connectivity index (χ0) is 19.9. The minimum atomic E-state index is -0.243. The third-order valence-electron chi connectivity index (χ3n) is 5.20. The summed E-state index contributed by atoms with van der Waals surface area (Å²) in [6.07, 6.45) is 5.95. The molecule has 2 aromatic rings. The smallest absolute Gasteiger partial charge is 0.222 e. The Morgan fingerprint density at radius 3 is 2.64 bits per heavy atom. The first-order chi connectivity index (χ1) is 13.5. The van der Waals surface area contributed by atoms with Gasteiger partial charge in [0.15, 0.2) is 0 Å². The van der Waals surface area contributed by atoms with Crippen LogP contribution in [0, 0.1) is 5.82 Å². The first-order valence-corrected chi connectivity index (χ1v) is 9.93. The van der Waals surface area contributed by atoms with Crippen LogP contribution < -0.4 is 10.2 Å². The number of rotatable bonds is 6. The zero-order valence-electron chi connectivity index (χ0n) is 16.7. The molecule has 0 radical (unpaired) electrons. The molecule has 1 aromatic heterocycles. The van der Waals surface area contributed by atoms with Gasteiger partial charge in [0.25, 0.3) is 0 Å². The number of hydrogen-bond acceptors (Lipinski definition) is 4. The highest BCUT2D eigenvalue weighted by Crippen LogP contribution is 2.19. The number of anilines is 2. The Labute approximate surface area is 166 Å². The lowest BCUT2D eigenvalue weighted by molar-refractivity contribution is -0.131. The fraction of sp³-hybridized carbons (Fsp3) is 0.455. The number of halogens is 1. The van der Waals surface area contributed by atoms with Gasteiger partial charge in [-0.1, -0.05) is 12.1 Å². The van der Waals surface area contributed by atoms with Crippen molar-refractivity contribution in [3.05, 3.63) is 54.0 Å². The predicted octanol–water partition coefficient (Wildman–Crippen LogP) is 3.71. The normalized spacial score (nSPS) is 17.1. The summed E-state index contributed by atoms with van der Waals surface area (Å²) in [5.41, 5.74) is 2.02. The van der Waals surface area contributed by atoms with Gasteiger partial charge in [-0.3, -0.25) is 4.79 Å². The first-order valence-electron chi connectivity index (χ1n) is 9.93. The molecule has 1 atom stereocenters. The predicted molar refractivity (Wildman–Crippen MR) is 111 cm³/mol. The number of benzene rings is 1. The molecule has 1 N–H and O–H groups in total. The molecule has 28 heavy (non-hydrogen) atoms. The minimum Gasteiger partial charge on any atom is -0.381 e. The Kier molecular flexibility index (Phi) is 6.85. The number of carbonyl (C=O) groups excluding carboxylic acids is 1. The third kappa shape index (κ3) is 5.68. The van der Waals surface area contributed by atoms with Crippen molar-refractivity contribution < 1.29 is 9.18 Å². The number of pyridine rings is 1. The number of likely N-dealkylation sites (tertiary alicyclic amines) is 1. The van der Waals surface area contributed by atoms with Crippen molar-refractivity contribution in [2.24, 2.45) is 0 Å². The summed E-state index contributed by atoms with van der Waals surface area (Å²) in [6.45, 7) is 1.57. The molecule has 1 aromatic carbocycles.